The van der Waals surface area contributed by atoms with E-state index in [9.17, 15) is 9.59 Å². The first-order chi connectivity index (χ1) is 4.54. The van der Waals surface area contributed by atoms with Gasteiger partial charge in [0.25, 0.3) is 0 Å². The molecule has 0 saturated carbocycles. The van der Waals surface area contributed by atoms with Crippen molar-refractivity contribution < 1.29 is 9.59 Å². The Bertz CT molecular complexity index is 151. The Kier molecular flexibility index (Phi) is 6.92. The third-order valence-electron chi connectivity index (χ3n) is 1.07. The number of amides is 2. The van der Waals surface area contributed by atoms with E-state index in [2.05, 4.69) is 0 Å². The predicted molar refractivity (Wildman–Crippen MR) is 42.8 cm³/mol. The van der Waals surface area contributed by atoms with Crippen LogP contribution in [0, 0.1) is 0 Å². The molecule has 0 saturated heterocycles. The summed E-state index contributed by atoms with van der Waals surface area (Å²) in [5.41, 5.74) is 14.8. The molecule has 0 aromatic rings. The standard InChI is InChI=1S/C5H11N3O2.ClH/c6-3(5(8)10)1-2-4(7)9;/h3H,1-2,6H2,(H2,7,9)(H2,8,10);1H/t3-;/m0./s1. The van der Waals surface area contributed by atoms with Crippen molar-refractivity contribution in [3.8, 4) is 0 Å². The zero-order valence-electron chi connectivity index (χ0n) is 5.95. The molecule has 0 bridgehead atoms. The molecule has 0 aliphatic carbocycles. The number of rotatable bonds is 4. The number of carbonyl (C=O) groups is 2. The first kappa shape index (κ1) is 12.8. The number of hydrogen-bond acceptors (Lipinski definition) is 3. The fourth-order valence-corrected chi connectivity index (χ4v) is 0.440. The SMILES string of the molecule is Cl.NC(=O)CC[C@H](N)C(N)=O. The lowest BCUT2D eigenvalue weighted by Gasteiger charge is -2.03. The zero-order valence-corrected chi connectivity index (χ0v) is 6.76. The van der Waals surface area contributed by atoms with Gasteiger partial charge in [0, 0.05) is 6.42 Å². The molecule has 0 unspecified atom stereocenters. The van der Waals surface area contributed by atoms with Crippen LogP contribution in [0.5, 0.6) is 0 Å². The quantitative estimate of drug-likeness (QED) is 0.490. The summed E-state index contributed by atoms with van der Waals surface area (Å²) in [6.45, 7) is 0. The molecule has 0 fully saturated rings. The normalized spacial score (nSPS) is 11.4. The second kappa shape index (κ2) is 5.94. The summed E-state index contributed by atoms with van der Waals surface area (Å²) in [6, 6.07) is -0.757. The number of hydrogen-bond donors (Lipinski definition) is 3. The fourth-order valence-electron chi connectivity index (χ4n) is 0.440. The molecule has 0 rings (SSSR count). The van der Waals surface area contributed by atoms with E-state index in [4.69, 9.17) is 17.2 Å². The Balaban J connectivity index is 0. The van der Waals surface area contributed by atoms with Crippen molar-refractivity contribution in [2.75, 3.05) is 0 Å². The van der Waals surface area contributed by atoms with Gasteiger partial charge in [-0.05, 0) is 6.42 Å². The molecule has 0 spiro atoms. The summed E-state index contributed by atoms with van der Waals surface area (Å²) in [6.07, 6.45) is 0.328. The van der Waals surface area contributed by atoms with Gasteiger partial charge in [-0.2, -0.15) is 0 Å². The molecule has 0 aliphatic rings. The minimum absolute atomic E-state index is 0. The highest BCUT2D eigenvalue weighted by Crippen LogP contribution is 1.91. The minimum atomic E-state index is -0.757. The Morgan fingerprint density at radius 3 is 2.00 bits per heavy atom. The van der Waals surface area contributed by atoms with Crippen LogP contribution in [0.15, 0.2) is 0 Å². The predicted octanol–water partition coefficient (Wildman–Crippen LogP) is -1.51. The van der Waals surface area contributed by atoms with Crippen molar-refractivity contribution in [1.29, 1.82) is 0 Å². The Morgan fingerprint density at radius 1 is 1.27 bits per heavy atom. The Hall–Kier alpha value is -0.810. The smallest absolute Gasteiger partial charge is 0.234 e. The summed E-state index contributed by atoms with van der Waals surface area (Å²) in [5, 5.41) is 0. The summed E-state index contributed by atoms with van der Waals surface area (Å²) >= 11 is 0. The van der Waals surface area contributed by atoms with Crippen LogP contribution in [0.2, 0.25) is 0 Å². The average Bonchev–Trinajstić information content (AvgIpc) is 1.82. The first-order valence-electron chi connectivity index (χ1n) is 2.87. The van der Waals surface area contributed by atoms with E-state index in [1.54, 1.807) is 0 Å². The van der Waals surface area contributed by atoms with Crippen molar-refractivity contribution >= 4 is 24.2 Å². The van der Waals surface area contributed by atoms with Crippen molar-refractivity contribution in [3.05, 3.63) is 0 Å². The van der Waals surface area contributed by atoms with E-state index in [1.165, 1.54) is 0 Å². The Morgan fingerprint density at radius 2 is 1.73 bits per heavy atom. The second-order valence-corrected chi connectivity index (χ2v) is 2.01. The molecule has 0 aliphatic heterocycles. The number of carbonyl (C=O) groups excluding carboxylic acids is 2. The van der Waals surface area contributed by atoms with Gasteiger partial charge in [0.1, 0.15) is 0 Å². The highest BCUT2D eigenvalue weighted by atomic mass is 35.5. The van der Waals surface area contributed by atoms with Crippen molar-refractivity contribution in [3.63, 3.8) is 0 Å². The lowest BCUT2D eigenvalue weighted by atomic mass is 10.1. The molecular formula is C5H12ClN3O2. The highest BCUT2D eigenvalue weighted by Gasteiger charge is 2.09. The molecule has 1 atom stereocenters. The third-order valence-corrected chi connectivity index (χ3v) is 1.07. The summed E-state index contributed by atoms with van der Waals surface area (Å²) in [5.74, 6) is -1.09. The first-order valence-corrected chi connectivity index (χ1v) is 2.87. The van der Waals surface area contributed by atoms with Gasteiger partial charge < -0.3 is 17.2 Å². The van der Waals surface area contributed by atoms with E-state index < -0.39 is 17.9 Å². The Labute approximate surface area is 70.7 Å². The van der Waals surface area contributed by atoms with Gasteiger partial charge >= 0.3 is 0 Å². The zero-order chi connectivity index (χ0) is 8.15. The van der Waals surface area contributed by atoms with Gasteiger partial charge in [0.2, 0.25) is 11.8 Å². The van der Waals surface area contributed by atoms with Crippen LogP contribution >= 0.6 is 12.4 Å². The van der Waals surface area contributed by atoms with Gasteiger partial charge in [-0.15, -0.1) is 12.4 Å². The molecule has 0 aromatic carbocycles. The average molecular weight is 182 g/mol. The van der Waals surface area contributed by atoms with Crippen LogP contribution < -0.4 is 17.2 Å². The maximum absolute atomic E-state index is 10.3. The lowest BCUT2D eigenvalue weighted by molar-refractivity contribution is -0.120. The molecule has 2 amide bonds. The maximum Gasteiger partial charge on any atom is 0.234 e. The highest BCUT2D eigenvalue weighted by molar-refractivity contribution is 5.85. The van der Waals surface area contributed by atoms with Gasteiger partial charge in [0.15, 0.2) is 0 Å². The number of primary amides is 2. The number of nitrogens with two attached hydrogens (primary N) is 3. The van der Waals surface area contributed by atoms with E-state index >= 15 is 0 Å². The van der Waals surface area contributed by atoms with Crippen LogP contribution in [-0.2, 0) is 9.59 Å². The topological polar surface area (TPSA) is 112 Å². The summed E-state index contributed by atoms with van der Waals surface area (Å²) in [4.78, 5) is 20.4. The van der Waals surface area contributed by atoms with E-state index in [0.29, 0.717) is 0 Å². The van der Waals surface area contributed by atoms with Gasteiger partial charge in [-0.3, -0.25) is 9.59 Å². The number of halogens is 1. The largest absolute Gasteiger partial charge is 0.370 e. The fraction of sp³-hybridized carbons (Fsp3) is 0.600. The molecular weight excluding hydrogens is 170 g/mol. The van der Waals surface area contributed by atoms with Crippen LogP contribution in [0.3, 0.4) is 0 Å². The summed E-state index contributed by atoms with van der Waals surface area (Å²) in [7, 11) is 0. The molecule has 6 N–H and O–H groups in total. The van der Waals surface area contributed by atoms with E-state index in [1.807, 2.05) is 0 Å². The van der Waals surface area contributed by atoms with Crippen molar-refractivity contribution in [1.82, 2.24) is 0 Å². The van der Waals surface area contributed by atoms with Gasteiger partial charge in [-0.1, -0.05) is 0 Å². The van der Waals surface area contributed by atoms with Crippen LogP contribution in [0.4, 0.5) is 0 Å². The molecule has 0 heterocycles. The van der Waals surface area contributed by atoms with Crippen molar-refractivity contribution in [2.45, 2.75) is 18.9 Å². The van der Waals surface area contributed by atoms with Gasteiger partial charge in [-0.25, -0.2) is 0 Å². The van der Waals surface area contributed by atoms with Crippen LogP contribution in [0.25, 0.3) is 0 Å². The minimum Gasteiger partial charge on any atom is -0.370 e. The molecule has 0 aromatic heterocycles. The molecule has 66 valence electrons. The maximum atomic E-state index is 10.3. The molecule has 0 radical (unpaired) electrons. The molecule has 6 heteroatoms. The molecule has 5 nitrogen and oxygen atoms in total. The van der Waals surface area contributed by atoms with Crippen LogP contribution in [0.1, 0.15) is 12.8 Å². The third kappa shape index (κ3) is 7.08. The van der Waals surface area contributed by atoms with E-state index in [0.717, 1.165) is 0 Å². The van der Waals surface area contributed by atoms with Crippen molar-refractivity contribution in [2.24, 2.45) is 17.2 Å². The van der Waals surface area contributed by atoms with Crippen LogP contribution in [-0.4, -0.2) is 17.9 Å². The summed E-state index contributed by atoms with van der Waals surface area (Å²) < 4.78 is 0. The van der Waals surface area contributed by atoms with E-state index in [-0.39, 0.29) is 25.2 Å². The molecule has 11 heavy (non-hydrogen) atoms. The monoisotopic (exact) mass is 181 g/mol. The second-order valence-electron chi connectivity index (χ2n) is 2.01. The van der Waals surface area contributed by atoms with Gasteiger partial charge in [0.05, 0.1) is 6.04 Å². The lowest BCUT2D eigenvalue weighted by Crippen LogP contribution is -2.37.